The van der Waals surface area contributed by atoms with E-state index in [0.29, 0.717) is 18.0 Å². The predicted molar refractivity (Wildman–Crippen MR) is 117 cm³/mol. The molecule has 1 N–H and O–H groups in total. The van der Waals surface area contributed by atoms with Crippen molar-refractivity contribution in [2.24, 2.45) is 0 Å². The standard InChI is InChI=1S/C23H26ClN3O3/c1-30-23(29)16-27-20-8-5-4-7-19(20)26-21(27)9-3-2-6-14-25-22(28)15-17-10-12-18(24)13-11-17/h4-5,7-8,10-13H,2-3,6,9,14-16H2,1H3,(H,25,28). The van der Waals surface area contributed by atoms with Gasteiger partial charge in [-0.15, -0.1) is 0 Å². The highest BCUT2D eigenvalue weighted by molar-refractivity contribution is 6.30. The van der Waals surface area contributed by atoms with E-state index < -0.39 is 0 Å². The van der Waals surface area contributed by atoms with Gasteiger partial charge in [-0.1, -0.05) is 42.3 Å². The van der Waals surface area contributed by atoms with Crippen molar-refractivity contribution in [2.45, 2.75) is 38.6 Å². The van der Waals surface area contributed by atoms with E-state index in [-0.39, 0.29) is 18.4 Å². The molecule has 0 bridgehead atoms. The summed E-state index contributed by atoms with van der Waals surface area (Å²) in [6, 6.07) is 15.1. The Labute approximate surface area is 181 Å². The summed E-state index contributed by atoms with van der Waals surface area (Å²) in [5.74, 6) is 0.605. The zero-order chi connectivity index (χ0) is 21.3. The maximum Gasteiger partial charge on any atom is 0.325 e. The fraction of sp³-hybridized carbons (Fsp3) is 0.348. The molecular weight excluding hydrogens is 402 g/mol. The molecule has 3 rings (SSSR count). The van der Waals surface area contributed by atoms with Gasteiger partial charge in [0.05, 0.1) is 24.6 Å². The Morgan fingerprint density at radius 3 is 2.60 bits per heavy atom. The second-order valence-corrected chi connectivity index (χ2v) is 7.58. The molecule has 0 saturated carbocycles. The summed E-state index contributed by atoms with van der Waals surface area (Å²) in [7, 11) is 1.39. The van der Waals surface area contributed by atoms with Crippen LogP contribution in [0.25, 0.3) is 11.0 Å². The lowest BCUT2D eigenvalue weighted by molar-refractivity contribution is -0.141. The molecule has 158 valence electrons. The molecule has 1 amide bonds. The lowest BCUT2D eigenvalue weighted by Crippen LogP contribution is -2.26. The Morgan fingerprint density at radius 1 is 1.07 bits per heavy atom. The molecule has 0 radical (unpaired) electrons. The zero-order valence-electron chi connectivity index (χ0n) is 17.1. The van der Waals surface area contributed by atoms with Crippen LogP contribution in [0.2, 0.25) is 5.02 Å². The molecule has 0 atom stereocenters. The maximum absolute atomic E-state index is 12.0. The minimum absolute atomic E-state index is 0.0113. The fourth-order valence-corrected chi connectivity index (χ4v) is 3.48. The van der Waals surface area contributed by atoms with Gasteiger partial charge in [-0.05, 0) is 42.7 Å². The van der Waals surface area contributed by atoms with Gasteiger partial charge in [0.15, 0.2) is 0 Å². The lowest BCUT2D eigenvalue weighted by Gasteiger charge is -2.08. The summed E-state index contributed by atoms with van der Waals surface area (Å²) in [5, 5.41) is 3.62. The summed E-state index contributed by atoms with van der Waals surface area (Å²) < 4.78 is 6.75. The van der Waals surface area contributed by atoms with Gasteiger partial charge in [0, 0.05) is 18.0 Å². The fourth-order valence-electron chi connectivity index (χ4n) is 3.35. The third-order valence-corrected chi connectivity index (χ3v) is 5.18. The molecular formula is C23H26ClN3O3. The first-order chi connectivity index (χ1) is 14.6. The lowest BCUT2D eigenvalue weighted by atomic mass is 10.1. The van der Waals surface area contributed by atoms with E-state index >= 15 is 0 Å². The van der Waals surface area contributed by atoms with E-state index in [9.17, 15) is 9.59 Å². The predicted octanol–water partition coefficient (Wildman–Crippen LogP) is 3.93. The highest BCUT2D eigenvalue weighted by atomic mass is 35.5. The van der Waals surface area contributed by atoms with Crippen LogP contribution in [0.5, 0.6) is 0 Å². The number of esters is 1. The number of para-hydroxylation sites is 2. The van der Waals surface area contributed by atoms with E-state index in [0.717, 1.165) is 48.1 Å². The maximum atomic E-state index is 12.0. The van der Waals surface area contributed by atoms with Crippen LogP contribution < -0.4 is 5.32 Å². The van der Waals surface area contributed by atoms with Gasteiger partial charge in [0.2, 0.25) is 5.91 Å². The van der Waals surface area contributed by atoms with E-state index in [4.69, 9.17) is 16.3 Å². The molecule has 1 heterocycles. The van der Waals surface area contributed by atoms with Crippen molar-refractivity contribution in [3.63, 3.8) is 0 Å². The highest BCUT2D eigenvalue weighted by Gasteiger charge is 2.13. The Kier molecular flexibility index (Phi) is 7.85. The number of aromatic nitrogens is 2. The number of aryl methyl sites for hydroxylation is 1. The SMILES string of the molecule is COC(=O)Cn1c(CCCCCNC(=O)Cc2ccc(Cl)cc2)nc2ccccc21. The molecule has 0 aliphatic carbocycles. The molecule has 0 saturated heterocycles. The van der Waals surface area contributed by atoms with Gasteiger partial charge < -0.3 is 14.6 Å². The van der Waals surface area contributed by atoms with Crippen LogP contribution in [0.4, 0.5) is 0 Å². The van der Waals surface area contributed by atoms with E-state index in [2.05, 4.69) is 10.3 Å². The number of amides is 1. The number of benzene rings is 2. The van der Waals surface area contributed by atoms with Crippen LogP contribution in [0, 0.1) is 0 Å². The van der Waals surface area contributed by atoms with Crippen LogP contribution in [0.15, 0.2) is 48.5 Å². The van der Waals surface area contributed by atoms with Crippen molar-refractivity contribution >= 4 is 34.5 Å². The molecule has 0 unspecified atom stereocenters. The molecule has 3 aromatic rings. The number of hydrogen-bond donors (Lipinski definition) is 1. The number of imidazole rings is 1. The Hall–Kier alpha value is -2.86. The topological polar surface area (TPSA) is 73.2 Å². The smallest absolute Gasteiger partial charge is 0.325 e. The normalized spacial score (nSPS) is 10.9. The molecule has 6 nitrogen and oxygen atoms in total. The van der Waals surface area contributed by atoms with Crippen LogP contribution in [-0.2, 0) is 33.7 Å². The quantitative estimate of drug-likeness (QED) is 0.393. The number of fused-ring (bicyclic) bond motifs is 1. The van der Waals surface area contributed by atoms with Crippen molar-refractivity contribution in [1.82, 2.24) is 14.9 Å². The van der Waals surface area contributed by atoms with Gasteiger partial charge in [0.25, 0.3) is 0 Å². The number of methoxy groups -OCH3 is 1. The van der Waals surface area contributed by atoms with Gasteiger partial charge in [-0.3, -0.25) is 9.59 Å². The first-order valence-corrected chi connectivity index (χ1v) is 10.5. The average molecular weight is 428 g/mol. The van der Waals surface area contributed by atoms with Crippen molar-refractivity contribution < 1.29 is 14.3 Å². The summed E-state index contributed by atoms with van der Waals surface area (Å²) in [4.78, 5) is 28.5. The largest absolute Gasteiger partial charge is 0.468 e. The van der Waals surface area contributed by atoms with E-state index in [1.54, 1.807) is 12.1 Å². The number of hydrogen-bond acceptors (Lipinski definition) is 4. The van der Waals surface area contributed by atoms with Crippen molar-refractivity contribution in [3.05, 3.63) is 64.9 Å². The number of carbonyl (C=O) groups is 2. The van der Waals surface area contributed by atoms with Crippen molar-refractivity contribution in [3.8, 4) is 0 Å². The molecule has 0 aliphatic heterocycles. The van der Waals surface area contributed by atoms with Gasteiger partial charge >= 0.3 is 5.97 Å². The first-order valence-electron chi connectivity index (χ1n) is 10.1. The third-order valence-electron chi connectivity index (χ3n) is 4.93. The Bertz CT molecular complexity index is 999. The van der Waals surface area contributed by atoms with E-state index in [1.165, 1.54) is 7.11 Å². The summed E-state index contributed by atoms with van der Waals surface area (Å²) in [6.07, 6.45) is 3.91. The number of rotatable bonds is 10. The molecule has 7 heteroatoms. The number of ether oxygens (including phenoxy) is 1. The number of nitrogens with one attached hydrogen (secondary N) is 1. The molecule has 30 heavy (non-hydrogen) atoms. The summed E-state index contributed by atoms with van der Waals surface area (Å²) in [5.41, 5.74) is 2.76. The summed E-state index contributed by atoms with van der Waals surface area (Å²) >= 11 is 5.86. The summed E-state index contributed by atoms with van der Waals surface area (Å²) in [6.45, 7) is 0.804. The highest BCUT2D eigenvalue weighted by Crippen LogP contribution is 2.18. The van der Waals surface area contributed by atoms with Gasteiger partial charge in [0.1, 0.15) is 12.4 Å². The van der Waals surface area contributed by atoms with Crippen LogP contribution >= 0.6 is 11.6 Å². The van der Waals surface area contributed by atoms with Crippen LogP contribution in [-0.4, -0.2) is 35.1 Å². The third kappa shape index (κ3) is 6.07. The molecule has 0 aliphatic rings. The van der Waals surface area contributed by atoms with Gasteiger partial charge in [-0.25, -0.2) is 4.98 Å². The number of unbranched alkanes of at least 4 members (excludes halogenated alkanes) is 2. The minimum Gasteiger partial charge on any atom is -0.468 e. The Balaban J connectivity index is 1.43. The number of halogens is 1. The molecule has 0 fully saturated rings. The average Bonchev–Trinajstić information content (AvgIpc) is 3.09. The minimum atomic E-state index is -0.289. The second kappa shape index (κ2) is 10.8. The Morgan fingerprint density at radius 2 is 1.83 bits per heavy atom. The van der Waals surface area contributed by atoms with Crippen molar-refractivity contribution in [2.75, 3.05) is 13.7 Å². The number of nitrogens with zero attached hydrogens (tertiary/aromatic N) is 2. The molecule has 1 aromatic heterocycles. The van der Waals surface area contributed by atoms with Crippen LogP contribution in [0.1, 0.15) is 30.7 Å². The zero-order valence-corrected chi connectivity index (χ0v) is 17.8. The monoisotopic (exact) mass is 427 g/mol. The second-order valence-electron chi connectivity index (χ2n) is 7.14. The van der Waals surface area contributed by atoms with Crippen LogP contribution in [0.3, 0.4) is 0 Å². The number of carbonyl (C=O) groups excluding carboxylic acids is 2. The van der Waals surface area contributed by atoms with Gasteiger partial charge in [-0.2, -0.15) is 0 Å². The first kappa shape index (κ1) is 21.8. The van der Waals surface area contributed by atoms with Crippen molar-refractivity contribution in [1.29, 1.82) is 0 Å². The molecule has 2 aromatic carbocycles. The molecule has 0 spiro atoms. The van der Waals surface area contributed by atoms with E-state index in [1.807, 2.05) is 41.0 Å².